The Bertz CT molecular complexity index is 1250. The van der Waals surface area contributed by atoms with Gasteiger partial charge in [-0.2, -0.15) is 0 Å². The van der Waals surface area contributed by atoms with Crippen molar-refractivity contribution in [1.82, 2.24) is 15.6 Å². The van der Waals surface area contributed by atoms with Crippen LogP contribution in [0.2, 0.25) is 0 Å². The number of carbonyl (C=O) groups excluding carboxylic acids is 1. The Labute approximate surface area is 186 Å². The van der Waals surface area contributed by atoms with Crippen molar-refractivity contribution in [3.63, 3.8) is 0 Å². The fraction of sp³-hybridized carbons (Fsp3) is 0.364. The summed E-state index contributed by atoms with van der Waals surface area (Å²) in [5, 5.41) is 6.59. The Hall–Kier alpha value is -2.91. The third kappa shape index (κ3) is 3.79. The predicted octanol–water partition coefficient (Wildman–Crippen LogP) is 2.47. The van der Waals surface area contributed by atoms with E-state index >= 15 is 4.39 Å². The highest BCUT2D eigenvalue weighted by atomic mass is 32.1. The van der Waals surface area contributed by atoms with Crippen LogP contribution in [0.5, 0.6) is 5.75 Å². The molecule has 2 aliphatic heterocycles. The number of piperazine rings is 1. The Kier molecular flexibility index (Phi) is 4.56. The predicted molar refractivity (Wildman–Crippen MR) is 121 cm³/mol. The van der Waals surface area contributed by atoms with Gasteiger partial charge < -0.3 is 26.0 Å². The first-order valence-electron chi connectivity index (χ1n) is 11.1. The lowest BCUT2D eigenvalue weighted by Crippen LogP contribution is -2.44. The van der Waals surface area contributed by atoms with Crippen LogP contribution in [0.1, 0.15) is 23.7 Å². The van der Waals surface area contributed by atoms with Gasteiger partial charge in [0.2, 0.25) is 0 Å². The van der Waals surface area contributed by atoms with E-state index < -0.39 is 24.1 Å². The van der Waals surface area contributed by atoms with Gasteiger partial charge in [-0.3, -0.25) is 4.79 Å². The molecule has 1 atom stereocenters. The van der Waals surface area contributed by atoms with Crippen LogP contribution in [0.15, 0.2) is 24.3 Å². The number of nitrogens with two attached hydrogens (primary N) is 1. The van der Waals surface area contributed by atoms with E-state index in [1.165, 1.54) is 6.07 Å². The second-order valence-corrected chi connectivity index (χ2v) is 8.67. The molecule has 31 heavy (non-hydrogen) atoms. The van der Waals surface area contributed by atoms with Gasteiger partial charge >= 0.3 is 0 Å². The molecule has 1 amide bonds. The first-order chi connectivity index (χ1) is 15.8. The van der Waals surface area contributed by atoms with Crippen molar-refractivity contribution in [1.29, 1.82) is 0 Å². The van der Waals surface area contributed by atoms with Crippen LogP contribution in [0, 0.1) is 12.7 Å². The molecule has 0 bridgehead atoms. The van der Waals surface area contributed by atoms with Crippen LogP contribution in [0.25, 0.3) is 10.2 Å². The lowest BCUT2D eigenvalue weighted by Gasteiger charge is -2.32. The van der Waals surface area contributed by atoms with Crippen molar-refractivity contribution in [2.75, 3.05) is 43.4 Å². The van der Waals surface area contributed by atoms with Gasteiger partial charge in [-0.1, -0.05) is 0 Å². The summed E-state index contributed by atoms with van der Waals surface area (Å²) in [6.07, 6.45) is -2.17. The van der Waals surface area contributed by atoms with Crippen LogP contribution in [-0.4, -0.2) is 49.7 Å². The summed E-state index contributed by atoms with van der Waals surface area (Å²) in [6.45, 7) is 4.78. The SMILES string of the molecule is [2H]C1([2H])c2c(F)cc(N3CCNCC3)cc2OCC1NC(=O)c1sc2nc(C)ccc2c1N. The average molecular weight is 444 g/mol. The first-order valence-corrected chi connectivity index (χ1v) is 11.0. The summed E-state index contributed by atoms with van der Waals surface area (Å²) in [7, 11) is 0. The quantitative estimate of drug-likeness (QED) is 0.576. The van der Waals surface area contributed by atoms with E-state index in [0.717, 1.165) is 43.2 Å². The number of hydrogen-bond acceptors (Lipinski definition) is 7. The summed E-state index contributed by atoms with van der Waals surface area (Å²) in [6, 6.07) is 5.56. The van der Waals surface area contributed by atoms with E-state index in [0.29, 0.717) is 21.6 Å². The van der Waals surface area contributed by atoms with E-state index in [2.05, 4.69) is 15.6 Å². The number of aromatic nitrogens is 1. The summed E-state index contributed by atoms with van der Waals surface area (Å²) < 4.78 is 38.2. The highest BCUT2D eigenvalue weighted by molar-refractivity contribution is 7.21. The zero-order valence-electron chi connectivity index (χ0n) is 19.0. The minimum Gasteiger partial charge on any atom is -0.491 e. The summed E-state index contributed by atoms with van der Waals surface area (Å²) in [4.78, 5) is 20.3. The van der Waals surface area contributed by atoms with Gasteiger partial charge in [0, 0.05) is 63.7 Å². The Balaban J connectivity index is 1.41. The number of fused-ring (bicyclic) bond motifs is 2. The number of carbonyl (C=O) groups is 1. The number of nitrogen functional groups attached to an aromatic ring is 1. The van der Waals surface area contributed by atoms with Crippen LogP contribution < -0.4 is 26.0 Å². The van der Waals surface area contributed by atoms with Gasteiger partial charge in [0.15, 0.2) is 0 Å². The Morgan fingerprint density at radius 3 is 3.03 bits per heavy atom. The van der Waals surface area contributed by atoms with Gasteiger partial charge in [-0.25, -0.2) is 9.37 Å². The number of halogens is 1. The van der Waals surface area contributed by atoms with Crippen molar-refractivity contribution in [3.05, 3.63) is 46.2 Å². The molecule has 0 aliphatic carbocycles. The number of anilines is 2. The largest absolute Gasteiger partial charge is 0.491 e. The number of hydrogen-bond donors (Lipinski definition) is 3. The topological polar surface area (TPSA) is 92.5 Å². The molecular weight excluding hydrogens is 417 g/mol. The lowest BCUT2D eigenvalue weighted by atomic mass is 10.0. The van der Waals surface area contributed by atoms with E-state index in [9.17, 15) is 4.79 Å². The number of amides is 1. The molecule has 0 spiro atoms. The molecule has 1 unspecified atom stereocenters. The molecule has 4 N–H and O–H groups in total. The molecule has 1 fully saturated rings. The molecule has 2 aliphatic rings. The maximum absolute atomic E-state index is 15.2. The third-order valence-electron chi connectivity index (χ3n) is 5.49. The molecule has 2 aromatic heterocycles. The van der Waals surface area contributed by atoms with Crippen LogP contribution >= 0.6 is 11.3 Å². The fourth-order valence-corrected chi connectivity index (χ4v) is 4.92. The minimum atomic E-state index is -2.17. The molecular formula is C22H24FN5O2S. The van der Waals surface area contributed by atoms with Gasteiger partial charge in [-0.15, -0.1) is 11.3 Å². The summed E-state index contributed by atoms with van der Waals surface area (Å²) >= 11 is 1.15. The highest BCUT2D eigenvalue weighted by Gasteiger charge is 2.27. The van der Waals surface area contributed by atoms with Gasteiger partial charge in [0.05, 0.1) is 11.7 Å². The Morgan fingerprint density at radius 2 is 2.23 bits per heavy atom. The van der Waals surface area contributed by atoms with E-state index in [1.54, 1.807) is 6.07 Å². The van der Waals surface area contributed by atoms with Crippen molar-refractivity contribution >= 4 is 38.8 Å². The van der Waals surface area contributed by atoms with Crippen LogP contribution in [0.4, 0.5) is 15.8 Å². The molecule has 3 aromatic rings. The third-order valence-corrected chi connectivity index (χ3v) is 6.60. The molecule has 5 rings (SSSR count). The maximum atomic E-state index is 15.2. The average Bonchev–Trinajstić information content (AvgIpc) is 3.11. The molecule has 0 radical (unpaired) electrons. The van der Waals surface area contributed by atoms with Gasteiger partial charge in [0.1, 0.15) is 27.9 Å². The summed E-state index contributed by atoms with van der Waals surface area (Å²) in [5.74, 6) is -1.06. The number of aryl methyl sites for hydroxylation is 1. The highest BCUT2D eigenvalue weighted by Crippen LogP contribution is 2.34. The smallest absolute Gasteiger partial charge is 0.263 e. The molecule has 1 saturated heterocycles. The maximum Gasteiger partial charge on any atom is 0.263 e. The monoisotopic (exact) mass is 443 g/mol. The van der Waals surface area contributed by atoms with E-state index in [1.807, 2.05) is 24.0 Å². The van der Waals surface area contributed by atoms with Crippen molar-refractivity contribution < 1.29 is 16.7 Å². The number of ether oxygens (including phenoxy) is 1. The minimum absolute atomic E-state index is 0.127. The number of pyridine rings is 1. The number of thiophene rings is 1. The molecule has 9 heteroatoms. The second kappa shape index (κ2) is 7.97. The van der Waals surface area contributed by atoms with Crippen molar-refractivity contribution in [3.8, 4) is 5.75 Å². The second-order valence-electron chi connectivity index (χ2n) is 7.67. The molecule has 7 nitrogen and oxygen atoms in total. The molecule has 1 aromatic carbocycles. The van der Waals surface area contributed by atoms with Crippen molar-refractivity contribution in [2.24, 2.45) is 0 Å². The number of nitrogens with zero attached hydrogens (tertiary/aromatic N) is 2. The normalized spacial score (nSPS) is 21.1. The zero-order valence-corrected chi connectivity index (χ0v) is 17.8. The Morgan fingerprint density at radius 1 is 1.42 bits per heavy atom. The molecule has 162 valence electrons. The van der Waals surface area contributed by atoms with Crippen molar-refractivity contribution in [2.45, 2.75) is 19.3 Å². The van der Waals surface area contributed by atoms with Gasteiger partial charge in [-0.05, 0) is 25.1 Å². The zero-order chi connectivity index (χ0) is 23.3. The number of rotatable bonds is 3. The van der Waals surface area contributed by atoms with E-state index in [4.69, 9.17) is 13.2 Å². The van der Waals surface area contributed by atoms with Crippen LogP contribution in [-0.2, 0) is 6.37 Å². The standard InChI is InChI=1S/C22H24FN5O2S/c1-12-2-3-15-19(24)20(31-22(15)26-12)21(29)27-13-8-16-17(23)9-14(10-18(16)30-11-13)28-6-4-25-5-7-28/h2-3,9-10,13,25H,4-8,11,24H2,1H3,(H,27,29)/i8D2. The lowest BCUT2D eigenvalue weighted by molar-refractivity contribution is 0.0919. The number of nitrogens with one attached hydrogen (secondary N) is 2. The van der Waals surface area contributed by atoms with Crippen LogP contribution in [0.3, 0.4) is 0 Å². The van der Waals surface area contributed by atoms with E-state index in [-0.39, 0.29) is 22.8 Å². The summed E-state index contributed by atoms with van der Waals surface area (Å²) in [5.41, 5.74) is 7.75. The molecule has 0 saturated carbocycles. The fourth-order valence-electron chi connectivity index (χ4n) is 3.88. The first kappa shape index (κ1) is 17.7. The molecule has 4 heterocycles. The number of benzene rings is 1. The van der Waals surface area contributed by atoms with Gasteiger partial charge in [0.25, 0.3) is 5.91 Å².